The minimum absolute atomic E-state index is 0.467. The molecule has 0 aliphatic heterocycles. The van der Waals surface area contributed by atoms with Gasteiger partial charge in [-0.05, 0) is 62.8 Å². The van der Waals surface area contributed by atoms with Crippen LogP contribution in [0.25, 0.3) is 0 Å². The van der Waals surface area contributed by atoms with Gasteiger partial charge < -0.3 is 9.47 Å². The van der Waals surface area contributed by atoms with E-state index in [1.165, 1.54) is 0 Å². The minimum Gasteiger partial charge on any atom is -0.490 e. The van der Waals surface area contributed by atoms with Crippen molar-refractivity contribution in [3.05, 3.63) is 50.6 Å². The standard InChI is InChI=1S/C13H11BrINO2/c14-12-5-2-6-13(16-12)18-8-7-17-11-4-1-3-10(15)9-11/h1-6,9H,7-8H2. The summed E-state index contributed by atoms with van der Waals surface area (Å²) in [4.78, 5) is 4.17. The summed E-state index contributed by atoms with van der Waals surface area (Å²) in [5.41, 5.74) is 0. The highest BCUT2D eigenvalue weighted by Gasteiger charge is 1.98. The topological polar surface area (TPSA) is 31.4 Å². The van der Waals surface area contributed by atoms with E-state index in [1.807, 2.05) is 42.5 Å². The summed E-state index contributed by atoms with van der Waals surface area (Å²) >= 11 is 5.55. The quantitative estimate of drug-likeness (QED) is 0.418. The van der Waals surface area contributed by atoms with E-state index in [2.05, 4.69) is 43.5 Å². The highest BCUT2D eigenvalue weighted by Crippen LogP contribution is 2.15. The summed E-state index contributed by atoms with van der Waals surface area (Å²) in [6, 6.07) is 13.5. The zero-order valence-corrected chi connectivity index (χ0v) is 13.2. The zero-order chi connectivity index (χ0) is 12.8. The van der Waals surface area contributed by atoms with E-state index in [-0.39, 0.29) is 0 Å². The Morgan fingerprint density at radius 1 is 1.06 bits per heavy atom. The fourth-order valence-corrected chi connectivity index (χ4v) is 2.17. The Bertz CT molecular complexity index is 474. The summed E-state index contributed by atoms with van der Waals surface area (Å²) in [7, 11) is 0. The summed E-state index contributed by atoms with van der Waals surface area (Å²) in [6.07, 6.45) is 0. The number of halogens is 2. The number of ether oxygens (including phenoxy) is 2. The van der Waals surface area contributed by atoms with Crippen LogP contribution in [0.15, 0.2) is 47.1 Å². The third-order valence-electron chi connectivity index (χ3n) is 2.09. The molecule has 0 saturated heterocycles. The molecule has 3 nitrogen and oxygen atoms in total. The van der Waals surface area contributed by atoms with Gasteiger partial charge in [0.1, 0.15) is 23.6 Å². The molecule has 18 heavy (non-hydrogen) atoms. The van der Waals surface area contributed by atoms with E-state index in [9.17, 15) is 0 Å². The van der Waals surface area contributed by atoms with E-state index in [0.717, 1.165) is 13.9 Å². The largest absolute Gasteiger partial charge is 0.490 e. The van der Waals surface area contributed by atoms with Crippen molar-refractivity contribution >= 4 is 38.5 Å². The van der Waals surface area contributed by atoms with Gasteiger partial charge in [-0.3, -0.25) is 0 Å². The normalized spacial score (nSPS) is 10.1. The van der Waals surface area contributed by atoms with Gasteiger partial charge in [0.25, 0.3) is 0 Å². The van der Waals surface area contributed by atoms with Gasteiger partial charge in [-0.1, -0.05) is 12.1 Å². The first kappa shape index (κ1) is 13.6. The molecule has 0 radical (unpaired) electrons. The number of pyridine rings is 1. The van der Waals surface area contributed by atoms with Gasteiger partial charge in [0.15, 0.2) is 0 Å². The third-order valence-corrected chi connectivity index (χ3v) is 3.20. The molecule has 0 fully saturated rings. The maximum atomic E-state index is 5.57. The van der Waals surface area contributed by atoms with Crippen LogP contribution >= 0.6 is 38.5 Å². The van der Waals surface area contributed by atoms with Crippen LogP contribution in [-0.4, -0.2) is 18.2 Å². The van der Waals surface area contributed by atoms with Gasteiger partial charge in [0, 0.05) is 9.64 Å². The molecule has 1 aromatic carbocycles. The average Bonchev–Trinajstić information content (AvgIpc) is 2.35. The van der Waals surface area contributed by atoms with Gasteiger partial charge in [0.2, 0.25) is 5.88 Å². The Balaban J connectivity index is 1.76. The molecule has 2 rings (SSSR count). The number of benzene rings is 1. The maximum Gasteiger partial charge on any atom is 0.214 e. The van der Waals surface area contributed by atoms with Gasteiger partial charge >= 0.3 is 0 Å². The lowest BCUT2D eigenvalue weighted by molar-refractivity contribution is 0.211. The first-order valence-corrected chi connectivity index (χ1v) is 7.25. The molecule has 1 heterocycles. The Kier molecular flexibility index (Phi) is 5.25. The van der Waals surface area contributed by atoms with Gasteiger partial charge in [-0.25, -0.2) is 4.98 Å². The third kappa shape index (κ3) is 4.45. The van der Waals surface area contributed by atoms with Crippen molar-refractivity contribution in [1.29, 1.82) is 0 Å². The lowest BCUT2D eigenvalue weighted by Gasteiger charge is -2.08. The molecule has 0 unspecified atom stereocenters. The van der Waals surface area contributed by atoms with Crippen LogP contribution in [0.2, 0.25) is 0 Å². The first-order valence-electron chi connectivity index (χ1n) is 5.38. The van der Waals surface area contributed by atoms with Crippen LogP contribution in [0.1, 0.15) is 0 Å². The van der Waals surface area contributed by atoms with E-state index in [1.54, 1.807) is 0 Å². The van der Waals surface area contributed by atoms with Crippen LogP contribution in [-0.2, 0) is 0 Å². The predicted octanol–water partition coefficient (Wildman–Crippen LogP) is 3.91. The molecule has 1 aromatic heterocycles. The van der Waals surface area contributed by atoms with Gasteiger partial charge in [-0.15, -0.1) is 0 Å². The van der Waals surface area contributed by atoms with Crippen LogP contribution in [0.5, 0.6) is 11.6 Å². The summed E-state index contributed by atoms with van der Waals surface area (Å²) < 4.78 is 13.0. The fraction of sp³-hybridized carbons (Fsp3) is 0.154. The average molecular weight is 420 g/mol. The Hall–Kier alpha value is -0.820. The molecule has 2 aromatic rings. The van der Waals surface area contributed by atoms with Crippen LogP contribution in [0.4, 0.5) is 0 Å². The van der Waals surface area contributed by atoms with Crippen molar-refractivity contribution in [3.63, 3.8) is 0 Å². The molecule has 94 valence electrons. The fourth-order valence-electron chi connectivity index (χ4n) is 1.33. The Morgan fingerprint density at radius 3 is 2.61 bits per heavy atom. The number of rotatable bonds is 5. The smallest absolute Gasteiger partial charge is 0.214 e. The molecule has 0 spiro atoms. The van der Waals surface area contributed by atoms with Gasteiger partial charge in [-0.2, -0.15) is 0 Å². The van der Waals surface area contributed by atoms with Crippen molar-refractivity contribution in [1.82, 2.24) is 4.98 Å². The molecule has 0 saturated carbocycles. The second kappa shape index (κ2) is 6.94. The SMILES string of the molecule is Brc1cccc(OCCOc2cccc(I)c2)n1. The lowest BCUT2D eigenvalue weighted by Crippen LogP contribution is -2.09. The second-order valence-electron chi connectivity index (χ2n) is 3.45. The van der Waals surface area contributed by atoms with Crippen LogP contribution < -0.4 is 9.47 Å². The van der Waals surface area contributed by atoms with Gasteiger partial charge in [0.05, 0.1) is 0 Å². The molecule has 0 aliphatic carbocycles. The van der Waals surface area contributed by atoms with Crippen LogP contribution in [0.3, 0.4) is 0 Å². The molecule has 0 aliphatic rings. The highest BCUT2D eigenvalue weighted by atomic mass is 127. The number of hydrogen-bond donors (Lipinski definition) is 0. The van der Waals surface area contributed by atoms with E-state index in [4.69, 9.17) is 9.47 Å². The van der Waals surface area contributed by atoms with Crippen molar-refractivity contribution in [2.45, 2.75) is 0 Å². The maximum absolute atomic E-state index is 5.57. The monoisotopic (exact) mass is 419 g/mol. The molecule has 5 heteroatoms. The van der Waals surface area contributed by atoms with E-state index >= 15 is 0 Å². The van der Waals surface area contributed by atoms with Crippen LogP contribution in [0, 0.1) is 3.57 Å². The molecule has 0 atom stereocenters. The second-order valence-corrected chi connectivity index (χ2v) is 5.51. The van der Waals surface area contributed by atoms with Crippen molar-refractivity contribution in [2.75, 3.05) is 13.2 Å². The Labute approximate surface area is 128 Å². The summed E-state index contributed by atoms with van der Waals surface area (Å²) in [5, 5.41) is 0. The van der Waals surface area contributed by atoms with Crippen molar-refractivity contribution in [2.24, 2.45) is 0 Å². The van der Waals surface area contributed by atoms with E-state index < -0.39 is 0 Å². The molecular formula is C13H11BrINO2. The van der Waals surface area contributed by atoms with E-state index in [0.29, 0.717) is 19.1 Å². The highest BCUT2D eigenvalue weighted by molar-refractivity contribution is 14.1. The molecule has 0 N–H and O–H groups in total. The number of aromatic nitrogens is 1. The first-order chi connectivity index (χ1) is 8.74. The summed E-state index contributed by atoms with van der Waals surface area (Å²) in [5.74, 6) is 1.45. The summed E-state index contributed by atoms with van der Waals surface area (Å²) in [6.45, 7) is 0.962. The molecular weight excluding hydrogens is 409 g/mol. The minimum atomic E-state index is 0.467. The van der Waals surface area contributed by atoms with Crippen molar-refractivity contribution < 1.29 is 9.47 Å². The predicted molar refractivity (Wildman–Crippen MR) is 82.1 cm³/mol. The molecule has 0 amide bonds. The molecule has 0 bridgehead atoms. The number of hydrogen-bond acceptors (Lipinski definition) is 3. The zero-order valence-electron chi connectivity index (χ0n) is 9.48. The van der Waals surface area contributed by atoms with Crippen molar-refractivity contribution in [3.8, 4) is 11.6 Å². The lowest BCUT2D eigenvalue weighted by atomic mass is 10.3. The Morgan fingerprint density at radius 2 is 1.83 bits per heavy atom. The number of nitrogens with zero attached hydrogens (tertiary/aromatic N) is 1.